The first-order valence-electron chi connectivity index (χ1n) is 12.6. The lowest BCUT2D eigenvalue weighted by Crippen LogP contribution is -2.50. The molecule has 0 saturated heterocycles. The molecule has 28 heavy (non-hydrogen) atoms. The summed E-state index contributed by atoms with van der Waals surface area (Å²) in [6, 6.07) is 0. The first-order chi connectivity index (χ1) is 13.2. The largest absolute Gasteiger partial charge is 0.390 e. The monoisotopic (exact) mass is 386 g/mol. The normalized spacial score (nSPS) is 44.3. The van der Waals surface area contributed by atoms with Gasteiger partial charge in [-0.2, -0.15) is 0 Å². The van der Waals surface area contributed by atoms with E-state index in [0.717, 1.165) is 36.0 Å². The second kappa shape index (κ2) is 7.44. The molecule has 4 aliphatic carbocycles. The molecular weight excluding hydrogens is 340 g/mol. The van der Waals surface area contributed by atoms with E-state index in [0.29, 0.717) is 10.8 Å². The van der Waals surface area contributed by atoms with Crippen LogP contribution < -0.4 is 0 Å². The summed E-state index contributed by atoms with van der Waals surface area (Å²) in [6.45, 7) is 11.8. The molecule has 7 atom stereocenters. The number of rotatable bonds is 5. The Morgan fingerprint density at radius 1 is 1.11 bits per heavy atom. The van der Waals surface area contributed by atoms with Crippen molar-refractivity contribution in [3.05, 3.63) is 11.6 Å². The van der Waals surface area contributed by atoms with E-state index >= 15 is 0 Å². The molecule has 0 unspecified atom stereocenters. The van der Waals surface area contributed by atoms with E-state index in [1.165, 1.54) is 70.6 Å². The second-order valence-electron chi connectivity index (χ2n) is 12.4. The zero-order chi connectivity index (χ0) is 20.2. The Morgan fingerprint density at radius 3 is 2.64 bits per heavy atom. The van der Waals surface area contributed by atoms with E-state index in [-0.39, 0.29) is 0 Å². The Morgan fingerprint density at radius 2 is 1.89 bits per heavy atom. The van der Waals surface area contributed by atoms with Crippen molar-refractivity contribution in [2.45, 2.75) is 117 Å². The topological polar surface area (TPSA) is 20.2 Å². The Hall–Kier alpha value is -0.300. The highest BCUT2D eigenvalue weighted by Crippen LogP contribution is 2.67. The highest BCUT2D eigenvalue weighted by molar-refractivity contribution is 5.24. The van der Waals surface area contributed by atoms with Crippen LogP contribution in [-0.2, 0) is 0 Å². The summed E-state index contributed by atoms with van der Waals surface area (Å²) >= 11 is 0. The average Bonchev–Trinajstić information content (AvgIpc) is 2.97. The molecule has 0 radical (unpaired) electrons. The van der Waals surface area contributed by atoms with Crippen molar-refractivity contribution in [1.29, 1.82) is 0 Å². The van der Waals surface area contributed by atoms with Crippen molar-refractivity contribution in [2.75, 3.05) is 0 Å². The van der Waals surface area contributed by atoms with E-state index < -0.39 is 5.60 Å². The number of aliphatic hydroxyl groups is 1. The lowest BCUT2D eigenvalue weighted by atomic mass is 9.47. The second-order valence-corrected chi connectivity index (χ2v) is 12.4. The van der Waals surface area contributed by atoms with Gasteiger partial charge in [0.15, 0.2) is 0 Å². The molecule has 160 valence electrons. The maximum absolute atomic E-state index is 10.1. The summed E-state index contributed by atoms with van der Waals surface area (Å²) < 4.78 is 0. The van der Waals surface area contributed by atoms with Crippen LogP contribution >= 0.6 is 0 Å². The van der Waals surface area contributed by atoms with Gasteiger partial charge in [0.1, 0.15) is 0 Å². The standard InChI is InChI=1S/C27H46O/c1-19(9-8-16-25(2,3)28)22-13-14-23-21-12-11-20-10-6-7-17-26(20,4)24(21)15-18-27(22,23)5/h11,19,21-24,28H,6-10,12-18H2,1-5H3/t19-,21+,22-,23+,24+,26+,27-/m1/s1. The predicted molar refractivity (Wildman–Crippen MR) is 119 cm³/mol. The zero-order valence-electron chi connectivity index (χ0n) is 19.4. The Bertz CT molecular complexity index is 598. The van der Waals surface area contributed by atoms with Crippen LogP contribution in [0.2, 0.25) is 0 Å². The molecular formula is C27H46O. The summed E-state index contributed by atoms with van der Waals surface area (Å²) in [6.07, 6.45) is 19.2. The van der Waals surface area contributed by atoms with Crippen LogP contribution in [0, 0.1) is 40.4 Å². The van der Waals surface area contributed by atoms with Gasteiger partial charge >= 0.3 is 0 Å². The minimum Gasteiger partial charge on any atom is -0.390 e. The summed E-state index contributed by atoms with van der Waals surface area (Å²) in [5.41, 5.74) is 2.46. The Labute approximate surface area is 174 Å². The van der Waals surface area contributed by atoms with Crippen molar-refractivity contribution < 1.29 is 5.11 Å². The minimum atomic E-state index is -0.499. The molecule has 0 aliphatic heterocycles. The molecule has 0 aromatic carbocycles. The van der Waals surface area contributed by atoms with E-state index in [4.69, 9.17) is 0 Å². The molecule has 4 rings (SSSR count). The van der Waals surface area contributed by atoms with Gasteiger partial charge in [0.25, 0.3) is 0 Å². The smallest absolute Gasteiger partial charge is 0.0591 e. The fourth-order valence-electron chi connectivity index (χ4n) is 8.73. The van der Waals surface area contributed by atoms with Crippen molar-refractivity contribution in [1.82, 2.24) is 0 Å². The van der Waals surface area contributed by atoms with Crippen LogP contribution in [0.3, 0.4) is 0 Å². The third kappa shape index (κ3) is 3.52. The number of fused-ring (bicyclic) bond motifs is 5. The summed E-state index contributed by atoms with van der Waals surface area (Å²) in [7, 11) is 0. The average molecular weight is 387 g/mol. The summed E-state index contributed by atoms with van der Waals surface area (Å²) in [5, 5.41) is 10.1. The molecule has 0 aromatic heterocycles. The van der Waals surface area contributed by atoms with Crippen LogP contribution in [0.5, 0.6) is 0 Å². The van der Waals surface area contributed by atoms with Crippen molar-refractivity contribution in [3.8, 4) is 0 Å². The van der Waals surface area contributed by atoms with E-state index in [2.05, 4.69) is 26.8 Å². The fraction of sp³-hybridized carbons (Fsp3) is 0.926. The van der Waals surface area contributed by atoms with Crippen molar-refractivity contribution >= 4 is 0 Å². The van der Waals surface area contributed by atoms with Gasteiger partial charge in [-0.05, 0) is 112 Å². The van der Waals surface area contributed by atoms with Crippen LogP contribution in [0.25, 0.3) is 0 Å². The van der Waals surface area contributed by atoms with Crippen molar-refractivity contribution in [2.24, 2.45) is 40.4 Å². The maximum Gasteiger partial charge on any atom is 0.0591 e. The minimum absolute atomic E-state index is 0.499. The third-order valence-corrected chi connectivity index (χ3v) is 10.2. The van der Waals surface area contributed by atoms with E-state index in [9.17, 15) is 5.11 Å². The third-order valence-electron chi connectivity index (χ3n) is 10.2. The fourth-order valence-corrected chi connectivity index (χ4v) is 8.73. The van der Waals surface area contributed by atoms with Crippen LogP contribution in [-0.4, -0.2) is 10.7 Å². The molecule has 0 heterocycles. The molecule has 3 saturated carbocycles. The predicted octanol–water partition coefficient (Wildman–Crippen LogP) is 7.53. The molecule has 0 spiro atoms. The van der Waals surface area contributed by atoms with Gasteiger partial charge in [-0.1, -0.05) is 51.7 Å². The van der Waals surface area contributed by atoms with Crippen molar-refractivity contribution in [3.63, 3.8) is 0 Å². The van der Waals surface area contributed by atoms with Crippen LogP contribution in [0.4, 0.5) is 0 Å². The van der Waals surface area contributed by atoms with E-state index in [1.54, 1.807) is 0 Å². The molecule has 1 heteroatoms. The first-order valence-corrected chi connectivity index (χ1v) is 12.6. The van der Waals surface area contributed by atoms with Gasteiger partial charge in [-0.15, -0.1) is 0 Å². The van der Waals surface area contributed by atoms with Gasteiger partial charge < -0.3 is 5.11 Å². The van der Waals surface area contributed by atoms with Gasteiger partial charge in [0.05, 0.1) is 5.60 Å². The zero-order valence-corrected chi connectivity index (χ0v) is 19.4. The first kappa shape index (κ1) is 21.0. The lowest BCUT2D eigenvalue weighted by molar-refractivity contribution is -0.0503. The molecule has 4 aliphatic rings. The summed E-state index contributed by atoms with van der Waals surface area (Å²) in [5.74, 6) is 4.61. The SMILES string of the molecule is C[C@H](CCCC(C)(C)O)[C@H]1CC[C@H]2[C@@H]3CC=C4CCCC[C@]4(C)[C@H]3CC[C@]12C. The van der Waals surface area contributed by atoms with Gasteiger partial charge in [0.2, 0.25) is 0 Å². The van der Waals surface area contributed by atoms with E-state index in [1.807, 2.05) is 19.4 Å². The van der Waals surface area contributed by atoms with Gasteiger partial charge in [-0.25, -0.2) is 0 Å². The molecule has 3 fully saturated rings. The lowest BCUT2D eigenvalue weighted by Gasteiger charge is -2.58. The molecule has 0 amide bonds. The quantitative estimate of drug-likeness (QED) is 0.484. The van der Waals surface area contributed by atoms with Gasteiger partial charge in [-0.3, -0.25) is 0 Å². The molecule has 1 N–H and O–H groups in total. The molecule has 0 aromatic rings. The molecule has 1 nitrogen and oxygen atoms in total. The van der Waals surface area contributed by atoms with Crippen LogP contribution in [0.1, 0.15) is 112 Å². The highest BCUT2D eigenvalue weighted by Gasteiger charge is 2.58. The summed E-state index contributed by atoms with van der Waals surface area (Å²) in [4.78, 5) is 0. The van der Waals surface area contributed by atoms with Gasteiger partial charge in [0, 0.05) is 0 Å². The molecule has 0 bridgehead atoms. The number of hydrogen-bond acceptors (Lipinski definition) is 1. The number of allylic oxidation sites excluding steroid dienone is 2. The highest BCUT2D eigenvalue weighted by atomic mass is 16.3. The number of hydrogen-bond donors (Lipinski definition) is 1. The Kier molecular flexibility index (Phi) is 5.56. The Balaban J connectivity index is 1.47. The maximum atomic E-state index is 10.1. The van der Waals surface area contributed by atoms with Crippen LogP contribution in [0.15, 0.2) is 11.6 Å².